The third-order valence-corrected chi connectivity index (χ3v) is 4.43. The fourth-order valence-corrected chi connectivity index (χ4v) is 3.27. The van der Waals surface area contributed by atoms with Crippen molar-refractivity contribution in [2.45, 2.75) is 32.8 Å². The largest absolute Gasteiger partial charge is 0.443 e. The molecule has 7 heteroatoms. The molecule has 1 fully saturated rings. The van der Waals surface area contributed by atoms with Crippen molar-refractivity contribution in [2.24, 2.45) is 5.92 Å². The number of fused-ring (bicyclic) bond motifs is 1. The van der Waals surface area contributed by atoms with E-state index >= 15 is 0 Å². The Morgan fingerprint density at radius 1 is 1.23 bits per heavy atom. The lowest BCUT2D eigenvalue weighted by molar-refractivity contribution is 0.0337. The second-order valence-corrected chi connectivity index (χ2v) is 7.58. The van der Waals surface area contributed by atoms with Gasteiger partial charge < -0.3 is 9.15 Å². The van der Waals surface area contributed by atoms with Crippen molar-refractivity contribution in [2.75, 3.05) is 18.0 Å². The van der Waals surface area contributed by atoms with E-state index in [0.29, 0.717) is 18.5 Å². The molecule has 4 rings (SSSR count). The number of amides is 1. The highest BCUT2D eigenvalue weighted by Crippen LogP contribution is 2.37. The van der Waals surface area contributed by atoms with Crippen molar-refractivity contribution in [3.05, 3.63) is 42.2 Å². The lowest BCUT2D eigenvalue weighted by Crippen LogP contribution is -2.34. The summed E-state index contributed by atoms with van der Waals surface area (Å²) >= 11 is 0. The molecule has 0 radical (unpaired) electrons. The zero-order valence-corrected chi connectivity index (χ0v) is 15.2. The van der Waals surface area contributed by atoms with Gasteiger partial charge in [0, 0.05) is 36.5 Å². The van der Waals surface area contributed by atoms with Crippen LogP contribution in [0.3, 0.4) is 0 Å². The summed E-state index contributed by atoms with van der Waals surface area (Å²) in [7, 11) is 0. The number of aromatic nitrogens is 2. The summed E-state index contributed by atoms with van der Waals surface area (Å²) in [4.78, 5) is 16.1. The van der Waals surface area contributed by atoms with E-state index in [9.17, 15) is 4.79 Å². The van der Waals surface area contributed by atoms with Crippen molar-refractivity contribution in [3.63, 3.8) is 0 Å². The average Bonchev–Trinajstić information content (AvgIpc) is 3.28. The number of benzene rings is 1. The standard InChI is InChI=1S/C19H22N4O3/c1-19(2,3)26-18(24)23-10-9-14-11-22(12-15(14)23)17-21-20-16(25-17)13-7-5-4-6-8-13/h4-8,12,14H,9-11H2,1-3H3/t14-/m1/s1. The van der Waals surface area contributed by atoms with Gasteiger partial charge in [0.25, 0.3) is 0 Å². The Labute approximate surface area is 152 Å². The van der Waals surface area contributed by atoms with E-state index in [1.807, 2.05) is 62.2 Å². The van der Waals surface area contributed by atoms with Crippen LogP contribution in [0.4, 0.5) is 10.8 Å². The molecule has 0 bridgehead atoms. The van der Waals surface area contributed by atoms with Crippen LogP contribution >= 0.6 is 0 Å². The Balaban J connectivity index is 1.52. The van der Waals surface area contributed by atoms with Gasteiger partial charge in [0.15, 0.2) is 0 Å². The van der Waals surface area contributed by atoms with E-state index in [1.54, 1.807) is 4.90 Å². The molecule has 2 aliphatic rings. The maximum absolute atomic E-state index is 12.4. The topological polar surface area (TPSA) is 71.7 Å². The van der Waals surface area contributed by atoms with Gasteiger partial charge in [0.1, 0.15) is 5.60 Å². The average molecular weight is 354 g/mol. The van der Waals surface area contributed by atoms with Crippen LogP contribution in [0.5, 0.6) is 0 Å². The number of carbonyl (C=O) groups excluding carboxylic acids is 1. The molecule has 0 saturated carbocycles. The minimum absolute atomic E-state index is 0.273. The number of hydrogen-bond acceptors (Lipinski definition) is 6. The third kappa shape index (κ3) is 3.16. The minimum Gasteiger partial charge on any atom is -0.443 e. The predicted molar refractivity (Wildman–Crippen MR) is 96.2 cm³/mol. The van der Waals surface area contributed by atoms with E-state index in [4.69, 9.17) is 9.15 Å². The number of rotatable bonds is 2. The monoisotopic (exact) mass is 354 g/mol. The molecule has 2 aromatic rings. The fraction of sp³-hybridized carbons (Fsp3) is 0.421. The van der Waals surface area contributed by atoms with Crippen LogP contribution in [0.2, 0.25) is 0 Å². The first-order chi connectivity index (χ1) is 12.4. The Bertz CT molecular complexity index is 838. The number of likely N-dealkylation sites (tertiary alicyclic amines) is 1. The first-order valence-electron chi connectivity index (χ1n) is 8.78. The lowest BCUT2D eigenvalue weighted by atomic mass is 10.1. The van der Waals surface area contributed by atoms with E-state index in [-0.39, 0.29) is 12.0 Å². The molecule has 7 nitrogen and oxygen atoms in total. The van der Waals surface area contributed by atoms with Gasteiger partial charge in [-0.15, -0.1) is 5.10 Å². The summed E-state index contributed by atoms with van der Waals surface area (Å²) < 4.78 is 11.3. The van der Waals surface area contributed by atoms with Gasteiger partial charge in [-0.3, -0.25) is 9.80 Å². The van der Waals surface area contributed by atoms with Crippen LogP contribution in [0.15, 0.2) is 46.6 Å². The van der Waals surface area contributed by atoms with Crippen molar-refractivity contribution in [3.8, 4) is 11.5 Å². The maximum Gasteiger partial charge on any atom is 0.414 e. The molecule has 1 saturated heterocycles. The summed E-state index contributed by atoms with van der Waals surface area (Å²) in [5.41, 5.74) is 1.33. The second-order valence-electron chi connectivity index (χ2n) is 7.58. The van der Waals surface area contributed by atoms with E-state index in [1.165, 1.54) is 0 Å². The quantitative estimate of drug-likeness (QED) is 0.820. The number of ether oxygens (including phenoxy) is 1. The van der Waals surface area contributed by atoms with Crippen LogP contribution in [0.25, 0.3) is 11.5 Å². The first kappa shape index (κ1) is 16.6. The Morgan fingerprint density at radius 2 is 2.00 bits per heavy atom. The van der Waals surface area contributed by atoms with Crippen molar-refractivity contribution >= 4 is 12.1 Å². The van der Waals surface area contributed by atoms with E-state index in [2.05, 4.69) is 10.2 Å². The molecule has 1 amide bonds. The lowest BCUT2D eigenvalue weighted by Gasteiger charge is -2.24. The number of anilines is 1. The summed E-state index contributed by atoms with van der Waals surface area (Å²) in [5, 5.41) is 8.30. The SMILES string of the molecule is CC(C)(C)OC(=O)N1CC[C@@H]2CN(c3nnc(-c4ccccc4)o3)C=C21. The van der Waals surface area contributed by atoms with Crippen molar-refractivity contribution in [1.82, 2.24) is 15.1 Å². The van der Waals surface area contributed by atoms with Gasteiger partial charge in [-0.05, 0) is 39.3 Å². The Kier molecular flexibility index (Phi) is 3.94. The molecule has 136 valence electrons. The Hall–Kier alpha value is -2.83. The van der Waals surface area contributed by atoms with Gasteiger partial charge in [-0.25, -0.2) is 4.79 Å². The summed E-state index contributed by atoms with van der Waals surface area (Å²) in [6.07, 6.45) is 2.52. The molecule has 0 aliphatic carbocycles. The second kappa shape index (κ2) is 6.16. The molecule has 0 spiro atoms. The normalized spacial score (nSPS) is 19.5. The van der Waals surface area contributed by atoms with Crippen LogP contribution in [0, 0.1) is 5.92 Å². The summed E-state index contributed by atoms with van der Waals surface area (Å²) in [6, 6.07) is 10.1. The third-order valence-electron chi connectivity index (χ3n) is 4.43. The van der Waals surface area contributed by atoms with Gasteiger partial charge in [-0.2, -0.15) is 0 Å². The molecule has 0 unspecified atom stereocenters. The number of carbonyl (C=O) groups is 1. The zero-order valence-electron chi connectivity index (χ0n) is 15.2. The molecule has 1 aromatic heterocycles. The van der Waals surface area contributed by atoms with Gasteiger partial charge in [0.2, 0.25) is 5.89 Å². The summed E-state index contributed by atoms with van der Waals surface area (Å²) in [5.74, 6) is 0.759. The van der Waals surface area contributed by atoms with Crippen LogP contribution < -0.4 is 4.90 Å². The molecule has 26 heavy (non-hydrogen) atoms. The van der Waals surface area contributed by atoms with Crippen LogP contribution in [-0.2, 0) is 4.74 Å². The van der Waals surface area contributed by atoms with Crippen LogP contribution in [0.1, 0.15) is 27.2 Å². The summed E-state index contributed by atoms with van der Waals surface area (Å²) in [6.45, 7) is 7.02. The highest BCUT2D eigenvalue weighted by molar-refractivity contribution is 5.72. The highest BCUT2D eigenvalue weighted by atomic mass is 16.6. The van der Waals surface area contributed by atoms with Crippen LogP contribution in [-0.4, -0.2) is 39.9 Å². The van der Waals surface area contributed by atoms with Gasteiger partial charge in [-0.1, -0.05) is 23.3 Å². The molecular formula is C19H22N4O3. The smallest absolute Gasteiger partial charge is 0.414 e. The van der Waals surface area contributed by atoms with E-state index in [0.717, 1.165) is 24.2 Å². The van der Waals surface area contributed by atoms with Crippen molar-refractivity contribution < 1.29 is 13.9 Å². The number of hydrogen-bond donors (Lipinski definition) is 0. The molecular weight excluding hydrogens is 332 g/mol. The van der Waals surface area contributed by atoms with Crippen molar-refractivity contribution in [1.29, 1.82) is 0 Å². The first-order valence-corrected chi connectivity index (χ1v) is 8.78. The molecule has 1 aromatic carbocycles. The highest BCUT2D eigenvalue weighted by Gasteiger charge is 2.40. The predicted octanol–water partition coefficient (Wildman–Crippen LogP) is 3.66. The van der Waals surface area contributed by atoms with Gasteiger partial charge in [0.05, 0.1) is 0 Å². The Morgan fingerprint density at radius 3 is 2.73 bits per heavy atom. The molecule has 3 heterocycles. The molecule has 2 aliphatic heterocycles. The van der Waals surface area contributed by atoms with E-state index < -0.39 is 5.60 Å². The van der Waals surface area contributed by atoms with Gasteiger partial charge >= 0.3 is 12.1 Å². The number of nitrogens with zero attached hydrogens (tertiary/aromatic N) is 4. The maximum atomic E-state index is 12.4. The zero-order chi connectivity index (χ0) is 18.3. The fourth-order valence-electron chi connectivity index (χ4n) is 3.27. The molecule has 0 N–H and O–H groups in total. The minimum atomic E-state index is -0.509. The molecule has 1 atom stereocenters.